The molecule has 0 aliphatic heterocycles. The number of rotatable bonds is 5. The van der Waals surface area contributed by atoms with Crippen molar-refractivity contribution in [1.29, 1.82) is 0 Å². The molecule has 1 aromatic rings. The van der Waals surface area contributed by atoms with E-state index in [1.807, 2.05) is 0 Å². The van der Waals surface area contributed by atoms with Crippen molar-refractivity contribution >= 4 is 12.3 Å². The highest BCUT2D eigenvalue weighted by Gasteiger charge is 2.04. The van der Waals surface area contributed by atoms with Crippen LogP contribution in [0.3, 0.4) is 0 Å². The van der Waals surface area contributed by atoms with Gasteiger partial charge in [-0.3, -0.25) is 4.79 Å². The van der Waals surface area contributed by atoms with Crippen LogP contribution in [-0.2, 0) is 16.0 Å². The lowest BCUT2D eigenvalue weighted by atomic mass is 10.1. The lowest BCUT2D eigenvalue weighted by molar-refractivity contribution is -0.139. The molecule has 0 amide bonds. The smallest absolute Gasteiger partial charge is 0.341 e. The third-order valence-corrected chi connectivity index (χ3v) is 1.59. The summed E-state index contributed by atoms with van der Waals surface area (Å²) >= 11 is 0. The molecule has 0 saturated carbocycles. The topological polar surface area (TPSA) is 63.6 Å². The normalized spacial score (nSPS) is 9.43. The summed E-state index contributed by atoms with van der Waals surface area (Å²) in [5, 5.41) is 8.39. The van der Waals surface area contributed by atoms with E-state index in [2.05, 4.69) is 0 Å². The second kappa shape index (κ2) is 5.01. The minimum absolute atomic E-state index is 0.107. The first kappa shape index (κ1) is 10.2. The molecule has 73 valence electrons. The molecule has 0 aromatic heterocycles. The van der Waals surface area contributed by atoms with E-state index in [9.17, 15) is 9.59 Å². The number of carbonyl (C=O) groups excluding carboxylic acids is 1. The van der Waals surface area contributed by atoms with Gasteiger partial charge in [0.15, 0.2) is 6.61 Å². The Hall–Kier alpha value is -1.84. The highest BCUT2D eigenvalue weighted by atomic mass is 16.5. The van der Waals surface area contributed by atoms with Gasteiger partial charge in [0, 0.05) is 12.0 Å². The van der Waals surface area contributed by atoms with Crippen molar-refractivity contribution in [2.45, 2.75) is 6.42 Å². The van der Waals surface area contributed by atoms with Gasteiger partial charge < -0.3 is 9.84 Å². The molecule has 0 unspecified atom stereocenters. The second-order valence-corrected chi connectivity index (χ2v) is 2.61. The summed E-state index contributed by atoms with van der Waals surface area (Å²) in [4.78, 5) is 20.4. The van der Waals surface area contributed by atoms with Crippen LogP contribution in [0, 0.1) is 0 Å². The lowest BCUT2D eigenvalue weighted by Crippen LogP contribution is -2.10. The van der Waals surface area contributed by atoms with Gasteiger partial charge in [0.2, 0.25) is 6.29 Å². The van der Waals surface area contributed by atoms with Gasteiger partial charge in [0.1, 0.15) is 5.75 Å². The van der Waals surface area contributed by atoms with Crippen LogP contribution in [0.1, 0.15) is 5.56 Å². The Bertz CT molecular complexity index is 333. The Morgan fingerprint density at radius 1 is 1.43 bits per heavy atom. The highest BCUT2D eigenvalue weighted by molar-refractivity contribution is 5.68. The Morgan fingerprint density at radius 2 is 2.14 bits per heavy atom. The Morgan fingerprint density at radius 3 is 2.79 bits per heavy atom. The molecule has 4 nitrogen and oxygen atoms in total. The SMILES string of the molecule is O=[C]Cc1ccccc1OCC(=O)O. The highest BCUT2D eigenvalue weighted by Crippen LogP contribution is 2.17. The number of hydrogen-bond acceptors (Lipinski definition) is 3. The number of benzene rings is 1. The van der Waals surface area contributed by atoms with E-state index in [1.165, 1.54) is 0 Å². The number of carboxylic acid groups (broad SMARTS) is 1. The van der Waals surface area contributed by atoms with Gasteiger partial charge in [-0.15, -0.1) is 0 Å². The van der Waals surface area contributed by atoms with Crippen LogP contribution >= 0.6 is 0 Å². The van der Waals surface area contributed by atoms with Gasteiger partial charge in [0.25, 0.3) is 0 Å². The van der Waals surface area contributed by atoms with Gasteiger partial charge in [-0.05, 0) is 6.07 Å². The fraction of sp³-hybridized carbons (Fsp3) is 0.200. The number of carbonyl (C=O) groups is 1. The van der Waals surface area contributed by atoms with Crippen LogP contribution < -0.4 is 4.74 Å². The Kier molecular flexibility index (Phi) is 3.67. The van der Waals surface area contributed by atoms with E-state index < -0.39 is 12.6 Å². The van der Waals surface area contributed by atoms with Gasteiger partial charge in [-0.25, -0.2) is 4.79 Å². The molecule has 0 atom stereocenters. The minimum atomic E-state index is -1.05. The largest absolute Gasteiger partial charge is 0.482 e. The summed E-state index contributed by atoms with van der Waals surface area (Å²) in [6.07, 6.45) is 1.84. The maximum absolute atomic E-state index is 10.2. The average molecular weight is 193 g/mol. The summed E-state index contributed by atoms with van der Waals surface area (Å²) in [5.41, 5.74) is 0.642. The third-order valence-electron chi connectivity index (χ3n) is 1.59. The van der Waals surface area contributed by atoms with E-state index in [1.54, 1.807) is 30.6 Å². The van der Waals surface area contributed by atoms with Crippen LogP contribution in [0.4, 0.5) is 0 Å². The van der Waals surface area contributed by atoms with E-state index >= 15 is 0 Å². The molecule has 1 radical (unpaired) electrons. The number of para-hydroxylation sites is 1. The third kappa shape index (κ3) is 2.90. The van der Waals surface area contributed by atoms with Gasteiger partial charge in [-0.2, -0.15) is 0 Å². The fourth-order valence-corrected chi connectivity index (χ4v) is 1.01. The maximum Gasteiger partial charge on any atom is 0.341 e. The number of aliphatic carboxylic acids is 1. The monoisotopic (exact) mass is 193 g/mol. The van der Waals surface area contributed by atoms with E-state index in [0.717, 1.165) is 0 Å². The Labute approximate surface area is 81.1 Å². The molecule has 0 bridgehead atoms. The standard InChI is InChI=1S/C10H9O4/c11-6-5-8-3-1-2-4-9(8)14-7-10(12)13/h1-4H,5,7H2,(H,12,13). The van der Waals surface area contributed by atoms with Crippen LogP contribution in [-0.4, -0.2) is 24.0 Å². The molecule has 14 heavy (non-hydrogen) atoms. The number of ether oxygens (including phenoxy) is 1. The maximum atomic E-state index is 10.2. The van der Waals surface area contributed by atoms with Crippen LogP contribution in [0.15, 0.2) is 24.3 Å². The molecule has 1 N–H and O–H groups in total. The van der Waals surface area contributed by atoms with Crippen molar-refractivity contribution in [3.05, 3.63) is 29.8 Å². The number of carboxylic acids is 1. The van der Waals surface area contributed by atoms with Gasteiger partial charge in [-0.1, -0.05) is 18.2 Å². The first-order valence-corrected chi connectivity index (χ1v) is 4.01. The summed E-state index contributed by atoms with van der Waals surface area (Å²) in [5.74, 6) is -0.631. The zero-order valence-corrected chi connectivity index (χ0v) is 7.40. The summed E-state index contributed by atoms with van der Waals surface area (Å²) in [6.45, 7) is -0.407. The molecule has 0 aliphatic carbocycles. The average Bonchev–Trinajstić information content (AvgIpc) is 2.17. The molecule has 0 fully saturated rings. The van der Waals surface area contributed by atoms with Gasteiger partial charge >= 0.3 is 5.97 Å². The van der Waals surface area contributed by atoms with Crippen LogP contribution in [0.5, 0.6) is 5.75 Å². The molecule has 0 saturated heterocycles. The molecule has 1 aromatic carbocycles. The van der Waals surface area contributed by atoms with Crippen molar-refractivity contribution < 1.29 is 19.4 Å². The van der Waals surface area contributed by atoms with Crippen molar-refractivity contribution in [3.8, 4) is 5.75 Å². The molecule has 0 spiro atoms. The summed E-state index contributed by atoms with van der Waals surface area (Å²) in [7, 11) is 0. The van der Waals surface area contributed by atoms with E-state index in [-0.39, 0.29) is 6.42 Å². The fourth-order valence-electron chi connectivity index (χ4n) is 1.01. The molecular formula is C10H9O4. The lowest BCUT2D eigenvalue weighted by Gasteiger charge is -2.06. The zero-order chi connectivity index (χ0) is 10.4. The quantitative estimate of drug-likeness (QED) is 0.751. The first-order chi connectivity index (χ1) is 6.74. The zero-order valence-electron chi connectivity index (χ0n) is 7.40. The molecule has 1 rings (SSSR count). The molecule has 0 aliphatic rings. The number of hydrogen-bond donors (Lipinski definition) is 1. The minimum Gasteiger partial charge on any atom is -0.482 e. The summed E-state index contributed by atoms with van der Waals surface area (Å²) < 4.78 is 4.97. The van der Waals surface area contributed by atoms with Crippen molar-refractivity contribution in [3.63, 3.8) is 0 Å². The predicted molar refractivity (Wildman–Crippen MR) is 49.0 cm³/mol. The molecule has 4 heteroatoms. The first-order valence-electron chi connectivity index (χ1n) is 4.01. The molecule has 0 heterocycles. The van der Waals surface area contributed by atoms with Crippen LogP contribution in [0.25, 0.3) is 0 Å². The van der Waals surface area contributed by atoms with Crippen LogP contribution in [0.2, 0.25) is 0 Å². The van der Waals surface area contributed by atoms with E-state index in [0.29, 0.717) is 11.3 Å². The van der Waals surface area contributed by atoms with Crippen molar-refractivity contribution in [2.24, 2.45) is 0 Å². The molecular weight excluding hydrogens is 184 g/mol. The Balaban J connectivity index is 2.73. The van der Waals surface area contributed by atoms with Crippen molar-refractivity contribution in [1.82, 2.24) is 0 Å². The second-order valence-electron chi connectivity index (χ2n) is 2.61. The van der Waals surface area contributed by atoms with Crippen molar-refractivity contribution in [2.75, 3.05) is 6.61 Å². The summed E-state index contributed by atoms with van der Waals surface area (Å²) in [6, 6.07) is 6.78. The predicted octanol–water partition coefficient (Wildman–Crippen LogP) is 0.802. The van der Waals surface area contributed by atoms with Gasteiger partial charge in [0.05, 0.1) is 0 Å². The van der Waals surface area contributed by atoms with E-state index in [4.69, 9.17) is 9.84 Å².